The lowest BCUT2D eigenvalue weighted by molar-refractivity contribution is 0.482. The van der Waals surface area contributed by atoms with E-state index in [2.05, 4.69) is 28.9 Å². The second-order valence-electron chi connectivity index (χ2n) is 3.17. The van der Waals surface area contributed by atoms with Gasteiger partial charge in [-0.3, -0.25) is 0 Å². The molecule has 5 nitrogen and oxygen atoms in total. The third kappa shape index (κ3) is 2.70. The van der Waals surface area contributed by atoms with Crippen molar-refractivity contribution in [2.75, 3.05) is 18.0 Å². The van der Waals surface area contributed by atoms with Gasteiger partial charge in [-0.2, -0.15) is 0 Å². The van der Waals surface area contributed by atoms with Crippen molar-refractivity contribution in [3.63, 3.8) is 0 Å². The Balaban J connectivity index is 2.65. The monoisotopic (exact) mass is 198 g/mol. The molecule has 2 N–H and O–H groups in total. The van der Waals surface area contributed by atoms with E-state index in [1.807, 2.05) is 0 Å². The average molecular weight is 198 g/mol. The predicted molar refractivity (Wildman–Crippen MR) is 55.0 cm³/mol. The Morgan fingerprint density at radius 2 is 1.86 bits per heavy atom. The molecule has 5 heteroatoms. The van der Waals surface area contributed by atoms with E-state index >= 15 is 0 Å². The molecule has 0 atom stereocenters. The first-order valence-corrected chi connectivity index (χ1v) is 5.09. The first-order chi connectivity index (χ1) is 6.81. The summed E-state index contributed by atoms with van der Waals surface area (Å²) in [6.45, 7) is 6.45. The molecule has 1 aromatic rings. The van der Waals surface area contributed by atoms with Crippen LogP contribution in [0.15, 0.2) is 4.42 Å². The Morgan fingerprint density at radius 3 is 2.29 bits per heavy atom. The minimum Gasteiger partial charge on any atom is -0.407 e. The maximum absolute atomic E-state index is 5.40. The highest BCUT2D eigenvalue weighted by molar-refractivity contribution is 5.23. The summed E-state index contributed by atoms with van der Waals surface area (Å²) in [5.74, 6) is 0.497. The SMILES string of the molecule is CCCN(CCC)c1nnc(CN)o1. The molecule has 0 aliphatic heterocycles. The maximum Gasteiger partial charge on any atom is 0.318 e. The lowest BCUT2D eigenvalue weighted by Gasteiger charge is -2.17. The quantitative estimate of drug-likeness (QED) is 0.742. The molecule has 0 aromatic carbocycles. The van der Waals surface area contributed by atoms with E-state index in [4.69, 9.17) is 10.2 Å². The molecular weight excluding hydrogens is 180 g/mol. The van der Waals surface area contributed by atoms with Gasteiger partial charge in [-0.05, 0) is 12.8 Å². The topological polar surface area (TPSA) is 68.2 Å². The molecule has 0 amide bonds. The van der Waals surface area contributed by atoms with Gasteiger partial charge in [0.2, 0.25) is 5.89 Å². The van der Waals surface area contributed by atoms with Crippen molar-refractivity contribution in [2.24, 2.45) is 5.73 Å². The van der Waals surface area contributed by atoms with E-state index in [0.29, 0.717) is 18.5 Å². The molecule has 0 aliphatic rings. The fourth-order valence-electron chi connectivity index (χ4n) is 1.30. The van der Waals surface area contributed by atoms with Crippen molar-refractivity contribution in [1.82, 2.24) is 10.2 Å². The summed E-state index contributed by atoms with van der Waals surface area (Å²) in [5.41, 5.74) is 5.40. The van der Waals surface area contributed by atoms with E-state index in [1.54, 1.807) is 0 Å². The van der Waals surface area contributed by atoms with Gasteiger partial charge < -0.3 is 15.1 Å². The summed E-state index contributed by atoms with van der Waals surface area (Å²) in [6, 6.07) is 0.592. The zero-order valence-corrected chi connectivity index (χ0v) is 8.86. The van der Waals surface area contributed by atoms with Gasteiger partial charge in [-0.1, -0.05) is 18.9 Å². The van der Waals surface area contributed by atoms with Crippen molar-refractivity contribution < 1.29 is 4.42 Å². The average Bonchev–Trinajstić information content (AvgIpc) is 2.65. The Bertz CT molecular complexity index is 255. The number of nitrogens with two attached hydrogens (primary N) is 1. The fourth-order valence-corrected chi connectivity index (χ4v) is 1.30. The number of nitrogens with zero attached hydrogens (tertiary/aromatic N) is 3. The van der Waals surface area contributed by atoms with Crippen molar-refractivity contribution >= 4 is 6.01 Å². The molecule has 0 bridgehead atoms. The Hall–Kier alpha value is -1.10. The van der Waals surface area contributed by atoms with Crippen molar-refractivity contribution in [2.45, 2.75) is 33.2 Å². The van der Waals surface area contributed by atoms with Crippen LogP contribution in [-0.2, 0) is 6.54 Å². The van der Waals surface area contributed by atoms with E-state index in [9.17, 15) is 0 Å². The molecule has 0 radical (unpaired) electrons. The summed E-state index contributed by atoms with van der Waals surface area (Å²) in [6.07, 6.45) is 2.14. The molecule has 0 unspecified atom stereocenters. The van der Waals surface area contributed by atoms with Crippen LogP contribution in [0.1, 0.15) is 32.6 Å². The van der Waals surface area contributed by atoms with Crippen LogP contribution in [0, 0.1) is 0 Å². The molecule has 0 fully saturated rings. The van der Waals surface area contributed by atoms with Gasteiger partial charge in [0.1, 0.15) is 0 Å². The van der Waals surface area contributed by atoms with Gasteiger partial charge in [0, 0.05) is 13.1 Å². The van der Waals surface area contributed by atoms with Gasteiger partial charge in [0.05, 0.1) is 6.54 Å². The fraction of sp³-hybridized carbons (Fsp3) is 0.778. The Labute approximate surface area is 84.3 Å². The first kappa shape index (κ1) is 11.0. The number of rotatable bonds is 6. The van der Waals surface area contributed by atoms with Gasteiger partial charge in [0.15, 0.2) is 0 Å². The highest BCUT2D eigenvalue weighted by Crippen LogP contribution is 2.12. The molecular formula is C9H18N4O. The summed E-state index contributed by atoms with van der Waals surface area (Å²) < 4.78 is 5.38. The largest absolute Gasteiger partial charge is 0.407 e. The van der Waals surface area contributed by atoms with Gasteiger partial charge >= 0.3 is 6.01 Å². The van der Waals surface area contributed by atoms with Gasteiger partial charge in [0.25, 0.3) is 0 Å². The minimum atomic E-state index is 0.305. The summed E-state index contributed by atoms with van der Waals surface area (Å²) >= 11 is 0. The summed E-state index contributed by atoms with van der Waals surface area (Å²) in [4.78, 5) is 2.09. The van der Waals surface area contributed by atoms with Crippen LogP contribution >= 0.6 is 0 Å². The number of aromatic nitrogens is 2. The van der Waals surface area contributed by atoms with E-state index in [1.165, 1.54) is 0 Å². The Kier molecular flexibility index (Phi) is 4.39. The second-order valence-corrected chi connectivity index (χ2v) is 3.17. The molecule has 0 aliphatic carbocycles. The lowest BCUT2D eigenvalue weighted by atomic mass is 10.4. The predicted octanol–water partition coefficient (Wildman–Crippen LogP) is 1.15. The number of anilines is 1. The normalized spacial score (nSPS) is 10.5. The first-order valence-electron chi connectivity index (χ1n) is 5.09. The van der Waals surface area contributed by atoms with Crippen molar-refractivity contribution in [1.29, 1.82) is 0 Å². The van der Waals surface area contributed by atoms with Crippen molar-refractivity contribution in [3.05, 3.63) is 5.89 Å². The standard InChI is InChI=1S/C9H18N4O/c1-3-5-13(6-4-2)9-12-11-8(7-10)14-9/h3-7,10H2,1-2H3. The molecule has 1 rings (SSSR count). The summed E-state index contributed by atoms with van der Waals surface area (Å²) in [5, 5.41) is 7.79. The Morgan fingerprint density at radius 1 is 1.21 bits per heavy atom. The molecule has 80 valence electrons. The highest BCUT2D eigenvalue weighted by atomic mass is 16.4. The van der Waals surface area contributed by atoms with Gasteiger partial charge in [-0.25, -0.2) is 0 Å². The zero-order chi connectivity index (χ0) is 10.4. The summed E-state index contributed by atoms with van der Waals surface area (Å²) in [7, 11) is 0. The molecule has 14 heavy (non-hydrogen) atoms. The highest BCUT2D eigenvalue weighted by Gasteiger charge is 2.11. The smallest absolute Gasteiger partial charge is 0.318 e. The molecule has 1 aromatic heterocycles. The van der Waals surface area contributed by atoms with Crippen LogP contribution in [0.5, 0.6) is 0 Å². The second kappa shape index (κ2) is 5.59. The third-order valence-corrected chi connectivity index (χ3v) is 1.89. The van der Waals surface area contributed by atoms with E-state index in [-0.39, 0.29) is 0 Å². The molecule has 0 saturated heterocycles. The van der Waals surface area contributed by atoms with Crippen LogP contribution in [0.4, 0.5) is 6.01 Å². The number of hydrogen-bond donors (Lipinski definition) is 1. The maximum atomic E-state index is 5.40. The zero-order valence-electron chi connectivity index (χ0n) is 8.86. The van der Waals surface area contributed by atoms with Crippen LogP contribution < -0.4 is 10.6 Å². The van der Waals surface area contributed by atoms with E-state index < -0.39 is 0 Å². The van der Waals surface area contributed by atoms with Crippen LogP contribution in [0.2, 0.25) is 0 Å². The molecule has 0 spiro atoms. The minimum absolute atomic E-state index is 0.305. The lowest BCUT2D eigenvalue weighted by Crippen LogP contribution is -2.25. The molecule has 1 heterocycles. The van der Waals surface area contributed by atoms with Gasteiger partial charge in [-0.15, -0.1) is 5.10 Å². The number of hydrogen-bond acceptors (Lipinski definition) is 5. The third-order valence-electron chi connectivity index (χ3n) is 1.89. The van der Waals surface area contributed by atoms with Crippen LogP contribution in [-0.4, -0.2) is 23.3 Å². The van der Waals surface area contributed by atoms with Crippen LogP contribution in [0.3, 0.4) is 0 Å². The van der Waals surface area contributed by atoms with E-state index in [0.717, 1.165) is 25.9 Å². The van der Waals surface area contributed by atoms with Crippen LogP contribution in [0.25, 0.3) is 0 Å². The van der Waals surface area contributed by atoms with Crippen molar-refractivity contribution in [3.8, 4) is 0 Å². The molecule has 0 saturated carbocycles.